The van der Waals surface area contributed by atoms with Gasteiger partial charge in [0.2, 0.25) is 5.91 Å². The van der Waals surface area contributed by atoms with Gasteiger partial charge in [-0.25, -0.2) is 10.1 Å². The number of rotatable bonds is 7. The molecule has 7 nitrogen and oxygen atoms in total. The second-order valence-corrected chi connectivity index (χ2v) is 7.40. The molecule has 1 N–H and O–H groups in total. The molecule has 1 aliphatic heterocycles. The molecule has 2 aromatic heterocycles. The summed E-state index contributed by atoms with van der Waals surface area (Å²) in [6.45, 7) is 2.96. The number of hydrogen-bond acceptors (Lipinski definition) is 5. The van der Waals surface area contributed by atoms with Gasteiger partial charge in [-0.15, -0.1) is 0 Å². The summed E-state index contributed by atoms with van der Waals surface area (Å²) >= 11 is 0. The number of hydrazone groups is 1. The molecule has 7 heteroatoms. The molecule has 30 heavy (non-hydrogen) atoms. The van der Waals surface area contributed by atoms with Crippen LogP contribution in [-0.2, 0) is 4.79 Å². The molecule has 1 aromatic carbocycles. The van der Waals surface area contributed by atoms with Crippen LogP contribution in [-0.4, -0.2) is 51.4 Å². The largest absolute Gasteiger partial charge is 0.303 e. The maximum absolute atomic E-state index is 12.2. The zero-order chi connectivity index (χ0) is 20.6. The zero-order valence-electron chi connectivity index (χ0n) is 16.9. The number of likely N-dealkylation sites (tertiary alicyclic amines) is 1. The van der Waals surface area contributed by atoms with Crippen molar-refractivity contribution in [2.75, 3.05) is 19.6 Å². The van der Waals surface area contributed by atoms with E-state index in [1.165, 1.54) is 19.3 Å². The van der Waals surface area contributed by atoms with Gasteiger partial charge in [0.15, 0.2) is 0 Å². The van der Waals surface area contributed by atoms with Gasteiger partial charge in [0.25, 0.3) is 0 Å². The van der Waals surface area contributed by atoms with Crippen molar-refractivity contribution in [2.45, 2.75) is 25.7 Å². The summed E-state index contributed by atoms with van der Waals surface area (Å²) in [5.41, 5.74) is 6.07. The van der Waals surface area contributed by atoms with Crippen LogP contribution in [0.5, 0.6) is 0 Å². The molecular formula is C23H26N6O. The highest BCUT2D eigenvalue weighted by atomic mass is 16.2. The van der Waals surface area contributed by atoms with Crippen molar-refractivity contribution in [2.24, 2.45) is 5.10 Å². The molecule has 0 spiro atoms. The van der Waals surface area contributed by atoms with E-state index < -0.39 is 0 Å². The van der Waals surface area contributed by atoms with E-state index in [1.807, 2.05) is 53.3 Å². The molecule has 154 valence electrons. The maximum atomic E-state index is 12.2. The zero-order valence-corrected chi connectivity index (χ0v) is 16.9. The second kappa shape index (κ2) is 9.93. The minimum absolute atomic E-state index is 0.0739. The van der Waals surface area contributed by atoms with Crippen LogP contribution in [0, 0.1) is 0 Å². The third kappa shape index (κ3) is 5.18. The van der Waals surface area contributed by atoms with Gasteiger partial charge in [0.1, 0.15) is 5.69 Å². The first-order valence-corrected chi connectivity index (χ1v) is 10.4. The van der Waals surface area contributed by atoms with E-state index in [4.69, 9.17) is 5.10 Å². The number of para-hydroxylation sites is 1. The molecule has 0 radical (unpaired) electrons. The van der Waals surface area contributed by atoms with Crippen LogP contribution in [0.25, 0.3) is 16.9 Å². The van der Waals surface area contributed by atoms with Crippen molar-refractivity contribution in [1.82, 2.24) is 25.1 Å². The van der Waals surface area contributed by atoms with Gasteiger partial charge in [-0.2, -0.15) is 10.2 Å². The van der Waals surface area contributed by atoms with Gasteiger partial charge < -0.3 is 4.90 Å². The summed E-state index contributed by atoms with van der Waals surface area (Å²) in [6.07, 6.45) is 11.2. The minimum Gasteiger partial charge on any atom is -0.303 e. The normalized spacial score (nSPS) is 14.8. The van der Waals surface area contributed by atoms with E-state index in [0.717, 1.165) is 42.1 Å². The monoisotopic (exact) mass is 402 g/mol. The van der Waals surface area contributed by atoms with Gasteiger partial charge in [-0.1, -0.05) is 24.6 Å². The number of aromatic nitrogens is 3. The van der Waals surface area contributed by atoms with Gasteiger partial charge in [-0.3, -0.25) is 9.78 Å². The summed E-state index contributed by atoms with van der Waals surface area (Å²) in [6, 6.07) is 13.7. The number of nitrogens with zero attached hydrogens (tertiary/aromatic N) is 5. The van der Waals surface area contributed by atoms with Gasteiger partial charge in [-0.05, 0) is 50.2 Å². The van der Waals surface area contributed by atoms with E-state index in [2.05, 4.69) is 20.4 Å². The Bertz CT molecular complexity index is 977. The second-order valence-electron chi connectivity index (χ2n) is 7.40. The summed E-state index contributed by atoms with van der Waals surface area (Å²) in [7, 11) is 0. The fourth-order valence-electron chi connectivity index (χ4n) is 3.59. The van der Waals surface area contributed by atoms with Crippen LogP contribution in [0.2, 0.25) is 0 Å². The van der Waals surface area contributed by atoms with Crippen molar-refractivity contribution in [1.29, 1.82) is 0 Å². The third-order valence-electron chi connectivity index (χ3n) is 5.19. The highest BCUT2D eigenvalue weighted by Crippen LogP contribution is 2.21. The predicted octanol–water partition coefficient (Wildman–Crippen LogP) is 3.26. The molecule has 0 saturated carbocycles. The molecular weight excluding hydrogens is 376 g/mol. The van der Waals surface area contributed by atoms with Crippen LogP contribution in [0.15, 0.2) is 66.2 Å². The van der Waals surface area contributed by atoms with E-state index in [0.29, 0.717) is 6.42 Å². The van der Waals surface area contributed by atoms with Gasteiger partial charge in [0.05, 0.1) is 11.9 Å². The van der Waals surface area contributed by atoms with Crippen LogP contribution in [0.4, 0.5) is 0 Å². The number of benzene rings is 1. The lowest BCUT2D eigenvalue weighted by Gasteiger charge is -2.25. The Morgan fingerprint density at radius 1 is 1.10 bits per heavy atom. The smallest absolute Gasteiger partial charge is 0.241 e. The van der Waals surface area contributed by atoms with E-state index in [9.17, 15) is 4.79 Å². The first kappa shape index (κ1) is 20.0. The molecule has 3 heterocycles. The molecule has 1 amide bonds. The van der Waals surface area contributed by atoms with Crippen molar-refractivity contribution in [3.8, 4) is 16.9 Å². The number of piperidine rings is 1. The maximum Gasteiger partial charge on any atom is 0.241 e. The number of nitrogens with one attached hydrogen (secondary N) is 1. The first-order valence-electron chi connectivity index (χ1n) is 10.4. The average Bonchev–Trinajstić information content (AvgIpc) is 3.24. The molecule has 0 unspecified atom stereocenters. The predicted molar refractivity (Wildman–Crippen MR) is 117 cm³/mol. The highest BCUT2D eigenvalue weighted by Gasteiger charge is 2.13. The Kier molecular flexibility index (Phi) is 6.61. The average molecular weight is 403 g/mol. The highest BCUT2D eigenvalue weighted by molar-refractivity contribution is 5.89. The molecule has 0 bridgehead atoms. The Balaban J connectivity index is 1.45. The molecule has 1 saturated heterocycles. The lowest BCUT2D eigenvalue weighted by atomic mass is 10.1. The van der Waals surface area contributed by atoms with Crippen LogP contribution in [0.1, 0.15) is 31.2 Å². The van der Waals surface area contributed by atoms with Gasteiger partial charge in [0, 0.05) is 42.7 Å². The van der Waals surface area contributed by atoms with Crippen molar-refractivity contribution < 1.29 is 4.79 Å². The van der Waals surface area contributed by atoms with Crippen molar-refractivity contribution >= 4 is 12.1 Å². The Hall–Kier alpha value is -3.32. The standard InChI is InChI=1S/C23H26N6O/c30-22(11-15-28-13-5-2-6-14-28)26-25-17-20-18-29(21-9-3-1-4-10-21)27-23(20)19-8-7-12-24-16-19/h1,3-4,7-10,12,16-18H,2,5-6,11,13-15H2,(H,26,30)/b25-17+. The first-order chi connectivity index (χ1) is 14.8. The lowest BCUT2D eigenvalue weighted by molar-refractivity contribution is -0.121. The summed E-state index contributed by atoms with van der Waals surface area (Å²) in [5.74, 6) is -0.0739. The van der Waals surface area contributed by atoms with Crippen molar-refractivity contribution in [3.05, 3.63) is 66.6 Å². The fraction of sp³-hybridized carbons (Fsp3) is 0.304. The fourth-order valence-corrected chi connectivity index (χ4v) is 3.59. The lowest BCUT2D eigenvalue weighted by Crippen LogP contribution is -2.33. The number of amides is 1. The molecule has 0 aliphatic carbocycles. The van der Waals surface area contributed by atoms with Crippen LogP contribution < -0.4 is 5.43 Å². The summed E-state index contributed by atoms with van der Waals surface area (Å²) in [5, 5.41) is 8.89. The number of hydrogen-bond donors (Lipinski definition) is 1. The molecule has 3 aromatic rings. The Morgan fingerprint density at radius 2 is 1.93 bits per heavy atom. The molecule has 1 fully saturated rings. The minimum atomic E-state index is -0.0739. The third-order valence-corrected chi connectivity index (χ3v) is 5.19. The Labute approximate surface area is 176 Å². The number of pyridine rings is 1. The number of carbonyl (C=O) groups is 1. The SMILES string of the molecule is O=C(CCN1CCCCC1)N/N=C/c1cn(-c2ccccc2)nc1-c1cccnc1. The molecule has 0 atom stereocenters. The summed E-state index contributed by atoms with van der Waals surface area (Å²) in [4.78, 5) is 18.7. The molecule has 4 rings (SSSR count). The van der Waals surface area contributed by atoms with Crippen molar-refractivity contribution in [3.63, 3.8) is 0 Å². The van der Waals surface area contributed by atoms with Crippen LogP contribution >= 0.6 is 0 Å². The number of carbonyl (C=O) groups excluding carboxylic acids is 1. The van der Waals surface area contributed by atoms with Crippen LogP contribution in [0.3, 0.4) is 0 Å². The Morgan fingerprint density at radius 3 is 2.70 bits per heavy atom. The van der Waals surface area contributed by atoms with E-state index in [1.54, 1.807) is 18.6 Å². The quantitative estimate of drug-likeness (QED) is 0.486. The summed E-state index contributed by atoms with van der Waals surface area (Å²) < 4.78 is 1.81. The molecule has 1 aliphatic rings. The van der Waals surface area contributed by atoms with E-state index >= 15 is 0 Å². The van der Waals surface area contributed by atoms with E-state index in [-0.39, 0.29) is 5.91 Å². The van der Waals surface area contributed by atoms with Gasteiger partial charge >= 0.3 is 0 Å². The topological polar surface area (TPSA) is 75.4 Å².